The van der Waals surface area contributed by atoms with Crippen molar-refractivity contribution in [2.45, 2.75) is 24.7 Å². The van der Waals surface area contributed by atoms with Gasteiger partial charge in [0.2, 0.25) is 15.9 Å². The molecule has 1 amide bonds. The zero-order valence-corrected chi connectivity index (χ0v) is 15.2. The van der Waals surface area contributed by atoms with Crippen LogP contribution in [0.25, 0.3) is 0 Å². The minimum absolute atomic E-state index is 0.0609. The lowest BCUT2D eigenvalue weighted by atomic mass is 9.97. The normalized spacial score (nSPS) is 16.4. The van der Waals surface area contributed by atoms with Gasteiger partial charge in [-0.1, -0.05) is 0 Å². The maximum absolute atomic E-state index is 13.0. The Morgan fingerprint density at radius 1 is 1.19 bits per heavy atom. The number of anilines is 1. The molecular formula is C18H20FN3O3S. The van der Waals surface area contributed by atoms with Gasteiger partial charge in [-0.2, -0.15) is 4.31 Å². The summed E-state index contributed by atoms with van der Waals surface area (Å²) in [5.74, 6) is -0.403. The Bertz CT molecular complexity index is 892. The van der Waals surface area contributed by atoms with E-state index in [9.17, 15) is 17.6 Å². The molecule has 0 saturated carbocycles. The van der Waals surface area contributed by atoms with Crippen LogP contribution in [0.5, 0.6) is 0 Å². The zero-order chi connectivity index (χ0) is 18.7. The summed E-state index contributed by atoms with van der Waals surface area (Å²) in [5, 5.41) is 2.78. The number of hydrogen-bond acceptors (Lipinski definition) is 4. The van der Waals surface area contributed by atoms with Crippen LogP contribution in [0.2, 0.25) is 0 Å². The van der Waals surface area contributed by atoms with Gasteiger partial charge in [-0.25, -0.2) is 17.8 Å². The van der Waals surface area contributed by atoms with E-state index in [2.05, 4.69) is 10.3 Å². The molecule has 1 saturated heterocycles. The predicted molar refractivity (Wildman–Crippen MR) is 95.5 cm³/mol. The van der Waals surface area contributed by atoms with Gasteiger partial charge in [0, 0.05) is 25.2 Å². The molecule has 1 aromatic carbocycles. The average Bonchev–Trinajstić information content (AvgIpc) is 2.62. The number of aromatic nitrogens is 1. The second-order valence-electron chi connectivity index (χ2n) is 6.34. The van der Waals surface area contributed by atoms with Gasteiger partial charge in [0.1, 0.15) is 11.6 Å². The Hall–Kier alpha value is -2.32. The van der Waals surface area contributed by atoms with Gasteiger partial charge < -0.3 is 5.32 Å². The first-order valence-corrected chi connectivity index (χ1v) is 9.79. The number of halogens is 1. The van der Waals surface area contributed by atoms with Crippen LogP contribution in [0.3, 0.4) is 0 Å². The highest BCUT2D eigenvalue weighted by atomic mass is 32.2. The third-order valence-corrected chi connectivity index (χ3v) is 6.36. The van der Waals surface area contributed by atoms with Gasteiger partial charge >= 0.3 is 0 Å². The van der Waals surface area contributed by atoms with Crippen molar-refractivity contribution in [3.8, 4) is 0 Å². The number of hydrogen-bond donors (Lipinski definition) is 1. The maximum Gasteiger partial charge on any atom is 0.243 e. The molecule has 6 nitrogen and oxygen atoms in total. The number of amides is 1. The van der Waals surface area contributed by atoms with Gasteiger partial charge in [0.05, 0.1) is 4.90 Å². The molecule has 8 heteroatoms. The monoisotopic (exact) mass is 377 g/mol. The second kappa shape index (κ2) is 7.51. The van der Waals surface area contributed by atoms with E-state index in [4.69, 9.17) is 0 Å². The molecular weight excluding hydrogens is 357 g/mol. The van der Waals surface area contributed by atoms with E-state index in [1.165, 1.54) is 16.4 Å². The third kappa shape index (κ3) is 4.08. The molecule has 0 aliphatic carbocycles. The maximum atomic E-state index is 13.0. The average molecular weight is 377 g/mol. The topological polar surface area (TPSA) is 79.4 Å². The van der Waals surface area contributed by atoms with E-state index in [1.807, 2.05) is 13.0 Å². The van der Waals surface area contributed by atoms with Crippen molar-refractivity contribution >= 4 is 21.7 Å². The minimum Gasteiger partial charge on any atom is -0.310 e. The number of nitrogens with zero attached hydrogens (tertiary/aromatic N) is 2. The van der Waals surface area contributed by atoms with Crippen LogP contribution in [-0.2, 0) is 14.8 Å². The molecule has 2 heterocycles. The molecule has 0 spiro atoms. The van der Waals surface area contributed by atoms with Crippen molar-refractivity contribution in [1.82, 2.24) is 9.29 Å². The number of piperidine rings is 1. The lowest BCUT2D eigenvalue weighted by Crippen LogP contribution is -2.41. The summed E-state index contributed by atoms with van der Waals surface area (Å²) in [7, 11) is -3.67. The van der Waals surface area contributed by atoms with Crippen molar-refractivity contribution in [2.75, 3.05) is 18.4 Å². The standard InChI is InChI=1S/C18H20FN3O3S/c1-13-6-9-20-17(12-13)21-18(23)14-7-10-22(11-8-14)26(24,25)16-4-2-15(19)3-5-16/h2-6,9,12,14H,7-8,10-11H2,1H3,(H,20,21,23). The fourth-order valence-electron chi connectivity index (χ4n) is 2.95. The summed E-state index contributed by atoms with van der Waals surface area (Å²) in [4.78, 5) is 16.5. The van der Waals surface area contributed by atoms with E-state index in [0.29, 0.717) is 18.7 Å². The Labute approximate surface area is 152 Å². The number of carbonyl (C=O) groups is 1. The zero-order valence-electron chi connectivity index (χ0n) is 14.4. The smallest absolute Gasteiger partial charge is 0.243 e. The molecule has 1 fully saturated rings. The molecule has 3 rings (SSSR count). The SMILES string of the molecule is Cc1ccnc(NC(=O)C2CCN(S(=O)(=O)c3ccc(F)cc3)CC2)c1. The van der Waals surface area contributed by atoms with E-state index in [0.717, 1.165) is 17.7 Å². The number of pyridine rings is 1. The van der Waals surface area contributed by atoms with Crippen molar-refractivity contribution < 1.29 is 17.6 Å². The fourth-order valence-corrected chi connectivity index (χ4v) is 4.42. The molecule has 2 aromatic rings. The molecule has 0 atom stereocenters. The summed E-state index contributed by atoms with van der Waals surface area (Å²) in [6, 6.07) is 8.39. The first kappa shape index (κ1) is 18.5. The van der Waals surface area contributed by atoms with Crippen LogP contribution in [-0.4, -0.2) is 36.7 Å². The van der Waals surface area contributed by atoms with Crippen LogP contribution < -0.4 is 5.32 Å². The Balaban J connectivity index is 1.61. The van der Waals surface area contributed by atoms with Gasteiger partial charge in [0.15, 0.2) is 0 Å². The van der Waals surface area contributed by atoms with Crippen LogP contribution in [0.1, 0.15) is 18.4 Å². The molecule has 26 heavy (non-hydrogen) atoms. The molecule has 1 N–H and O–H groups in total. The lowest BCUT2D eigenvalue weighted by molar-refractivity contribution is -0.120. The highest BCUT2D eigenvalue weighted by molar-refractivity contribution is 7.89. The van der Waals surface area contributed by atoms with Crippen molar-refractivity contribution in [3.63, 3.8) is 0 Å². The molecule has 1 aliphatic rings. The van der Waals surface area contributed by atoms with Crippen LogP contribution in [0, 0.1) is 18.7 Å². The van der Waals surface area contributed by atoms with Crippen molar-refractivity contribution in [2.24, 2.45) is 5.92 Å². The minimum atomic E-state index is -3.67. The van der Waals surface area contributed by atoms with E-state index in [-0.39, 0.29) is 29.8 Å². The highest BCUT2D eigenvalue weighted by Crippen LogP contribution is 2.25. The first-order valence-electron chi connectivity index (χ1n) is 8.35. The third-order valence-electron chi connectivity index (χ3n) is 4.44. The summed E-state index contributed by atoms with van der Waals surface area (Å²) >= 11 is 0. The predicted octanol–water partition coefficient (Wildman–Crippen LogP) is 2.57. The Kier molecular flexibility index (Phi) is 5.33. The number of sulfonamides is 1. The molecule has 1 aliphatic heterocycles. The van der Waals surface area contributed by atoms with Crippen LogP contribution in [0.4, 0.5) is 10.2 Å². The molecule has 138 valence electrons. The summed E-state index contributed by atoms with van der Waals surface area (Å²) in [6.07, 6.45) is 2.49. The lowest BCUT2D eigenvalue weighted by Gasteiger charge is -2.30. The highest BCUT2D eigenvalue weighted by Gasteiger charge is 2.32. The Morgan fingerprint density at radius 2 is 1.85 bits per heavy atom. The molecule has 0 bridgehead atoms. The van der Waals surface area contributed by atoms with Crippen LogP contribution in [0.15, 0.2) is 47.5 Å². The Morgan fingerprint density at radius 3 is 2.46 bits per heavy atom. The number of aryl methyl sites for hydroxylation is 1. The largest absolute Gasteiger partial charge is 0.310 e. The van der Waals surface area contributed by atoms with Crippen molar-refractivity contribution in [3.05, 3.63) is 54.0 Å². The molecule has 0 radical (unpaired) electrons. The van der Waals surface area contributed by atoms with Crippen molar-refractivity contribution in [1.29, 1.82) is 0 Å². The summed E-state index contributed by atoms with van der Waals surface area (Å²) < 4.78 is 39.5. The van der Waals surface area contributed by atoms with E-state index < -0.39 is 15.8 Å². The number of nitrogens with one attached hydrogen (secondary N) is 1. The summed E-state index contributed by atoms with van der Waals surface area (Å²) in [5.41, 5.74) is 0.996. The van der Waals surface area contributed by atoms with E-state index in [1.54, 1.807) is 12.3 Å². The second-order valence-corrected chi connectivity index (χ2v) is 8.28. The van der Waals surface area contributed by atoms with Gasteiger partial charge in [-0.15, -0.1) is 0 Å². The number of rotatable bonds is 4. The molecule has 0 unspecified atom stereocenters. The molecule has 1 aromatic heterocycles. The van der Waals surface area contributed by atoms with E-state index >= 15 is 0 Å². The van der Waals surface area contributed by atoms with Crippen LogP contribution >= 0.6 is 0 Å². The summed E-state index contributed by atoms with van der Waals surface area (Å²) in [6.45, 7) is 2.41. The number of carbonyl (C=O) groups excluding carboxylic acids is 1. The van der Waals surface area contributed by atoms with Gasteiger partial charge in [-0.3, -0.25) is 4.79 Å². The first-order chi connectivity index (χ1) is 12.4. The quantitative estimate of drug-likeness (QED) is 0.888. The van der Waals surface area contributed by atoms with Gasteiger partial charge in [-0.05, 0) is 61.7 Å². The fraction of sp³-hybridized carbons (Fsp3) is 0.333. The number of benzene rings is 1. The van der Waals surface area contributed by atoms with Gasteiger partial charge in [0.25, 0.3) is 0 Å².